The zero-order chi connectivity index (χ0) is 26.7. The number of hydrogen-bond acceptors (Lipinski definition) is 7. The van der Waals surface area contributed by atoms with Gasteiger partial charge in [-0.3, -0.25) is 14.3 Å². The number of amides is 1. The number of anilines is 2. The second-order valence-corrected chi connectivity index (χ2v) is 9.52. The first-order chi connectivity index (χ1) is 19.2. The molecule has 5 rings (SSSR count). The van der Waals surface area contributed by atoms with Crippen molar-refractivity contribution in [3.8, 4) is 17.7 Å². The van der Waals surface area contributed by atoms with E-state index in [9.17, 15) is 4.79 Å². The third-order valence-corrected chi connectivity index (χ3v) is 6.56. The van der Waals surface area contributed by atoms with Gasteiger partial charge in [0.1, 0.15) is 18.0 Å². The number of rotatable bonds is 9. The zero-order valence-electron chi connectivity index (χ0n) is 21.8. The predicted molar refractivity (Wildman–Crippen MR) is 151 cm³/mol. The Balaban J connectivity index is 1.38. The van der Waals surface area contributed by atoms with E-state index in [1.165, 1.54) is 19.3 Å². The topological polar surface area (TPSA) is 110 Å². The molecule has 0 radical (unpaired) electrons. The van der Waals surface area contributed by atoms with E-state index in [0.29, 0.717) is 36.6 Å². The molecule has 1 amide bonds. The van der Waals surface area contributed by atoms with Gasteiger partial charge in [-0.15, -0.1) is 0 Å². The molecule has 0 spiro atoms. The van der Waals surface area contributed by atoms with Crippen molar-refractivity contribution in [1.29, 1.82) is 0 Å². The molecule has 3 aromatic heterocycles. The van der Waals surface area contributed by atoms with Crippen LogP contribution >= 0.6 is 0 Å². The Morgan fingerprint density at radius 1 is 0.974 bits per heavy atom. The Hall–Kier alpha value is -4.71. The second kappa shape index (κ2) is 13.2. The van der Waals surface area contributed by atoms with Crippen LogP contribution in [-0.4, -0.2) is 36.5 Å². The Bertz CT molecular complexity index is 1390. The van der Waals surface area contributed by atoms with Crippen molar-refractivity contribution >= 4 is 17.7 Å². The molecule has 1 saturated carbocycles. The highest BCUT2D eigenvalue weighted by molar-refractivity contribution is 5.87. The fraction of sp³-hybridized carbons (Fsp3) is 0.300. The highest BCUT2D eigenvalue weighted by Crippen LogP contribution is 2.23. The molecule has 0 aliphatic heterocycles. The predicted octanol–water partition coefficient (Wildman–Crippen LogP) is 4.35. The first kappa shape index (κ1) is 25.9. The first-order valence-corrected chi connectivity index (χ1v) is 13.3. The van der Waals surface area contributed by atoms with Crippen LogP contribution in [0.4, 0.5) is 11.8 Å². The minimum atomic E-state index is -0.771. The molecule has 1 aromatic carbocycles. The Labute approximate surface area is 228 Å². The number of carbonyl (C=O) groups excluding carboxylic acids is 1. The van der Waals surface area contributed by atoms with Crippen molar-refractivity contribution in [2.45, 2.75) is 51.2 Å². The standard InChI is InChI=1S/C30H32N8O/c39-29(33-20-24-10-5-2-6-11-24)26(14-13-23-8-3-1-4-9-23)35-27-18-28(38-17-16-32-22-38)37-30(36-27)34-21-25-12-7-15-31-19-25/h2,5-7,10-12,15-19,22-23,26H,1,3-4,8-9,20-21H2,(H,33,39)(H2,34,35,36,37). The molecule has 3 N–H and O–H groups in total. The monoisotopic (exact) mass is 520 g/mol. The summed E-state index contributed by atoms with van der Waals surface area (Å²) in [5, 5.41) is 9.56. The van der Waals surface area contributed by atoms with Crippen LogP contribution in [0.1, 0.15) is 43.2 Å². The quantitative estimate of drug-likeness (QED) is 0.282. The van der Waals surface area contributed by atoms with Crippen LogP contribution in [0.3, 0.4) is 0 Å². The number of pyridine rings is 1. The van der Waals surface area contributed by atoms with Crippen LogP contribution in [0.2, 0.25) is 0 Å². The highest BCUT2D eigenvalue weighted by Gasteiger charge is 2.19. The van der Waals surface area contributed by atoms with Crippen molar-refractivity contribution < 1.29 is 4.79 Å². The van der Waals surface area contributed by atoms with E-state index in [1.807, 2.05) is 48.7 Å². The van der Waals surface area contributed by atoms with Crippen molar-refractivity contribution in [2.24, 2.45) is 5.92 Å². The van der Waals surface area contributed by atoms with Crippen LogP contribution in [0.25, 0.3) is 5.82 Å². The molecule has 3 heterocycles. The third kappa shape index (κ3) is 7.65. The fourth-order valence-corrected chi connectivity index (χ4v) is 4.45. The summed E-state index contributed by atoms with van der Waals surface area (Å²) < 4.78 is 1.79. The van der Waals surface area contributed by atoms with E-state index in [1.54, 1.807) is 35.6 Å². The molecule has 1 atom stereocenters. The lowest BCUT2D eigenvalue weighted by molar-refractivity contribution is -0.120. The SMILES string of the molecule is O=C(NCc1ccccc1)C(C#CC1CCCCC1)Nc1cc(-n2ccnc2)nc(NCc2cccnc2)n1. The Morgan fingerprint density at radius 3 is 2.59 bits per heavy atom. The molecule has 1 aliphatic carbocycles. The van der Waals surface area contributed by atoms with Crippen LogP contribution in [-0.2, 0) is 17.9 Å². The van der Waals surface area contributed by atoms with E-state index in [0.717, 1.165) is 24.0 Å². The van der Waals surface area contributed by atoms with E-state index < -0.39 is 6.04 Å². The minimum Gasteiger partial charge on any atom is -0.350 e. The first-order valence-electron chi connectivity index (χ1n) is 13.3. The number of carbonyl (C=O) groups is 1. The second-order valence-electron chi connectivity index (χ2n) is 9.52. The summed E-state index contributed by atoms with van der Waals surface area (Å²) in [5.74, 6) is 8.22. The molecule has 0 saturated heterocycles. The highest BCUT2D eigenvalue weighted by atomic mass is 16.2. The maximum atomic E-state index is 13.3. The lowest BCUT2D eigenvalue weighted by Crippen LogP contribution is -2.38. The number of benzene rings is 1. The average molecular weight is 521 g/mol. The largest absolute Gasteiger partial charge is 0.350 e. The summed E-state index contributed by atoms with van der Waals surface area (Å²) in [6.07, 6.45) is 14.5. The van der Waals surface area contributed by atoms with Gasteiger partial charge in [-0.1, -0.05) is 67.5 Å². The van der Waals surface area contributed by atoms with Crippen molar-refractivity contribution in [3.63, 3.8) is 0 Å². The maximum Gasteiger partial charge on any atom is 0.255 e. The van der Waals surface area contributed by atoms with Crippen molar-refractivity contribution in [2.75, 3.05) is 10.6 Å². The minimum absolute atomic E-state index is 0.199. The lowest BCUT2D eigenvalue weighted by atomic mass is 9.89. The zero-order valence-corrected chi connectivity index (χ0v) is 21.8. The molecular formula is C30H32N8O. The van der Waals surface area contributed by atoms with Crippen LogP contribution in [0.5, 0.6) is 0 Å². The van der Waals surface area contributed by atoms with Gasteiger partial charge in [0.25, 0.3) is 5.91 Å². The van der Waals surface area contributed by atoms with E-state index in [4.69, 9.17) is 0 Å². The van der Waals surface area contributed by atoms with E-state index >= 15 is 0 Å². The van der Waals surface area contributed by atoms with Gasteiger partial charge in [-0.25, -0.2) is 4.98 Å². The van der Waals surface area contributed by atoms with E-state index in [-0.39, 0.29) is 5.91 Å². The molecule has 9 heteroatoms. The summed E-state index contributed by atoms with van der Waals surface area (Å²) >= 11 is 0. The number of hydrogen-bond donors (Lipinski definition) is 3. The van der Waals surface area contributed by atoms with Gasteiger partial charge in [-0.2, -0.15) is 9.97 Å². The molecular weight excluding hydrogens is 488 g/mol. The number of aromatic nitrogens is 5. The molecule has 0 bridgehead atoms. The molecule has 1 aliphatic rings. The van der Waals surface area contributed by atoms with Crippen LogP contribution in [0.15, 0.2) is 79.6 Å². The molecule has 4 aromatic rings. The molecule has 1 unspecified atom stereocenters. The molecule has 198 valence electrons. The van der Waals surface area contributed by atoms with E-state index in [2.05, 4.69) is 47.7 Å². The maximum absolute atomic E-state index is 13.3. The van der Waals surface area contributed by atoms with Gasteiger partial charge in [0, 0.05) is 49.9 Å². The number of imidazole rings is 1. The average Bonchev–Trinajstić information content (AvgIpc) is 3.54. The third-order valence-electron chi connectivity index (χ3n) is 6.56. The lowest BCUT2D eigenvalue weighted by Gasteiger charge is -2.18. The van der Waals surface area contributed by atoms with Crippen LogP contribution in [0, 0.1) is 17.8 Å². The van der Waals surface area contributed by atoms with Crippen molar-refractivity contribution in [3.05, 3.63) is 90.8 Å². The number of nitrogens with one attached hydrogen (secondary N) is 3. The Kier molecular flexibility index (Phi) is 8.77. The van der Waals surface area contributed by atoms with Gasteiger partial charge in [-0.05, 0) is 30.0 Å². The molecule has 1 fully saturated rings. The summed E-state index contributed by atoms with van der Waals surface area (Å²) in [6.45, 7) is 0.925. The fourth-order valence-electron chi connectivity index (χ4n) is 4.45. The molecule has 9 nitrogen and oxygen atoms in total. The number of nitrogens with zero attached hydrogens (tertiary/aromatic N) is 5. The summed E-state index contributed by atoms with van der Waals surface area (Å²) in [4.78, 5) is 31.0. The summed E-state index contributed by atoms with van der Waals surface area (Å²) in [6, 6.07) is 14.7. The summed E-state index contributed by atoms with van der Waals surface area (Å²) in [7, 11) is 0. The summed E-state index contributed by atoms with van der Waals surface area (Å²) in [5.41, 5.74) is 2.02. The van der Waals surface area contributed by atoms with Crippen LogP contribution < -0.4 is 16.0 Å². The smallest absolute Gasteiger partial charge is 0.255 e. The van der Waals surface area contributed by atoms with Gasteiger partial charge >= 0.3 is 0 Å². The normalized spacial score (nSPS) is 14.1. The van der Waals surface area contributed by atoms with Gasteiger partial charge < -0.3 is 16.0 Å². The van der Waals surface area contributed by atoms with Gasteiger partial charge in [0.15, 0.2) is 6.04 Å². The Morgan fingerprint density at radius 2 is 1.82 bits per heavy atom. The van der Waals surface area contributed by atoms with Crippen molar-refractivity contribution in [1.82, 2.24) is 29.8 Å². The van der Waals surface area contributed by atoms with Gasteiger partial charge in [0.2, 0.25) is 5.95 Å². The molecule has 39 heavy (non-hydrogen) atoms. The van der Waals surface area contributed by atoms with Gasteiger partial charge in [0.05, 0.1) is 0 Å².